The van der Waals surface area contributed by atoms with E-state index in [1.165, 1.54) is 4.90 Å². The van der Waals surface area contributed by atoms with E-state index in [4.69, 9.17) is 0 Å². The monoisotopic (exact) mass is 383 g/mol. The summed E-state index contributed by atoms with van der Waals surface area (Å²) in [4.78, 5) is 26.0. The molecule has 6 nitrogen and oxygen atoms in total. The molecule has 2 atom stereocenters. The van der Waals surface area contributed by atoms with Gasteiger partial charge in [0.25, 0.3) is 0 Å². The third-order valence-electron chi connectivity index (χ3n) is 5.15. The molecule has 1 aliphatic heterocycles. The molecule has 0 spiro atoms. The number of carbonyl (C=O) groups is 2. The van der Waals surface area contributed by atoms with Crippen LogP contribution in [0.5, 0.6) is 0 Å². The molecule has 1 heterocycles. The van der Waals surface area contributed by atoms with Gasteiger partial charge in [0.1, 0.15) is 0 Å². The SMILES string of the molecule is CC(C)(C)CCNC(O)NCCCCCCN1C(=O)CC(C(C)(C)C)C1=O. The fraction of sp³-hybridized carbons (Fsp3) is 0.905. The molecule has 0 aliphatic carbocycles. The summed E-state index contributed by atoms with van der Waals surface area (Å²) in [5, 5.41) is 16.0. The average molecular weight is 384 g/mol. The molecule has 2 amide bonds. The summed E-state index contributed by atoms with van der Waals surface area (Å²) < 4.78 is 0. The molecule has 27 heavy (non-hydrogen) atoms. The second kappa shape index (κ2) is 10.5. The molecule has 0 aromatic rings. The summed E-state index contributed by atoms with van der Waals surface area (Å²) in [5.74, 6) is -0.203. The number of nitrogens with zero attached hydrogens (tertiary/aromatic N) is 1. The molecule has 0 aromatic carbocycles. The Hall–Kier alpha value is -0.980. The average Bonchev–Trinajstić information content (AvgIpc) is 2.80. The second-order valence-electron chi connectivity index (χ2n) is 10.0. The number of aliphatic hydroxyl groups is 1. The van der Waals surface area contributed by atoms with Crippen LogP contribution >= 0.6 is 0 Å². The molecule has 0 radical (unpaired) electrons. The normalized spacial score (nSPS) is 19.8. The minimum Gasteiger partial charge on any atom is -0.365 e. The number of likely N-dealkylation sites (tertiary alicyclic amines) is 1. The molecule has 0 aromatic heterocycles. The van der Waals surface area contributed by atoms with Gasteiger partial charge in [0.2, 0.25) is 11.8 Å². The molecule has 1 fully saturated rings. The van der Waals surface area contributed by atoms with E-state index in [1.807, 2.05) is 20.8 Å². The third kappa shape index (κ3) is 9.17. The number of nitrogens with one attached hydrogen (secondary N) is 2. The van der Waals surface area contributed by atoms with Crippen molar-refractivity contribution in [3.63, 3.8) is 0 Å². The van der Waals surface area contributed by atoms with Crippen LogP contribution in [0.1, 0.15) is 80.1 Å². The Bertz CT molecular complexity index is 480. The van der Waals surface area contributed by atoms with Crippen molar-refractivity contribution >= 4 is 11.8 Å². The summed E-state index contributed by atoms with van der Waals surface area (Å²) in [6, 6.07) is 0. The Balaban J connectivity index is 2.09. The van der Waals surface area contributed by atoms with Crippen LogP contribution in [0.2, 0.25) is 0 Å². The first-order valence-electron chi connectivity index (χ1n) is 10.4. The largest absolute Gasteiger partial charge is 0.365 e. The van der Waals surface area contributed by atoms with Crippen molar-refractivity contribution in [1.82, 2.24) is 15.5 Å². The van der Waals surface area contributed by atoms with Crippen LogP contribution in [-0.2, 0) is 9.59 Å². The highest BCUT2D eigenvalue weighted by Gasteiger charge is 2.44. The first kappa shape index (κ1) is 24.1. The minimum absolute atomic E-state index is 0.00128. The van der Waals surface area contributed by atoms with Gasteiger partial charge in [-0.1, -0.05) is 54.4 Å². The van der Waals surface area contributed by atoms with Gasteiger partial charge >= 0.3 is 0 Å². The Morgan fingerprint density at radius 2 is 1.59 bits per heavy atom. The highest BCUT2D eigenvalue weighted by molar-refractivity contribution is 6.03. The topological polar surface area (TPSA) is 81.7 Å². The number of rotatable bonds is 11. The van der Waals surface area contributed by atoms with Gasteiger partial charge in [0.05, 0.1) is 5.92 Å². The van der Waals surface area contributed by atoms with Crippen LogP contribution < -0.4 is 10.6 Å². The Kier molecular flexibility index (Phi) is 9.39. The second-order valence-corrected chi connectivity index (χ2v) is 10.0. The van der Waals surface area contributed by atoms with Crippen molar-refractivity contribution in [2.45, 2.75) is 86.4 Å². The van der Waals surface area contributed by atoms with Gasteiger partial charge < -0.3 is 5.11 Å². The van der Waals surface area contributed by atoms with Crippen molar-refractivity contribution in [1.29, 1.82) is 0 Å². The Labute approximate surface area is 165 Å². The number of hydrogen-bond acceptors (Lipinski definition) is 5. The van der Waals surface area contributed by atoms with Crippen LogP contribution in [0, 0.1) is 16.7 Å². The number of unbranched alkanes of at least 4 members (excludes halogenated alkanes) is 3. The van der Waals surface area contributed by atoms with Gasteiger partial charge in [-0.2, -0.15) is 0 Å². The van der Waals surface area contributed by atoms with E-state index >= 15 is 0 Å². The van der Waals surface area contributed by atoms with Crippen LogP contribution in [0.15, 0.2) is 0 Å². The van der Waals surface area contributed by atoms with Gasteiger partial charge in [-0.15, -0.1) is 0 Å². The quantitative estimate of drug-likeness (QED) is 0.290. The number of carbonyl (C=O) groups excluding carboxylic acids is 2. The molecule has 3 N–H and O–H groups in total. The van der Waals surface area contributed by atoms with Gasteiger partial charge in [0, 0.05) is 13.0 Å². The lowest BCUT2D eigenvalue weighted by Crippen LogP contribution is -2.43. The van der Waals surface area contributed by atoms with Crippen LogP contribution in [0.25, 0.3) is 0 Å². The van der Waals surface area contributed by atoms with Crippen molar-refractivity contribution in [3.05, 3.63) is 0 Å². The zero-order valence-corrected chi connectivity index (χ0v) is 18.2. The molecule has 0 bridgehead atoms. The summed E-state index contributed by atoms with van der Waals surface area (Å²) >= 11 is 0. The Morgan fingerprint density at radius 1 is 1.00 bits per heavy atom. The molecule has 1 saturated heterocycles. The zero-order valence-electron chi connectivity index (χ0n) is 18.2. The summed E-state index contributed by atoms with van der Waals surface area (Å²) in [7, 11) is 0. The fourth-order valence-corrected chi connectivity index (χ4v) is 3.24. The highest BCUT2D eigenvalue weighted by atomic mass is 16.3. The summed E-state index contributed by atoms with van der Waals surface area (Å²) in [5.41, 5.74) is 0.104. The third-order valence-corrected chi connectivity index (χ3v) is 5.15. The predicted octanol–water partition coefficient (Wildman–Crippen LogP) is 2.86. The van der Waals surface area contributed by atoms with Gasteiger partial charge in [-0.25, -0.2) is 0 Å². The van der Waals surface area contributed by atoms with E-state index in [0.717, 1.165) is 45.2 Å². The van der Waals surface area contributed by atoms with Gasteiger partial charge in [0.15, 0.2) is 6.35 Å². The molecule has 158 valence electrons. The molecule has 1 aliphatic rings. The zero-order chi connectivity index (χ0) is 20.7. The van der Waals surface area contributed by atoms with Crippen molar-refractivity contribution in [3.8, 4) is 0 Å². The van der Waals surface area contributed by atoms with Gasteiger partial charge in [-0.05, 0) is 43.2 Å². The van der Waals surface area contributed by atoms with E-state index < -0.39 is 6.35 Å². The first-order chi connectivity index (χ1) is 12.4. The molecule has 1 rings (SSSR count). The van der Waals surface area contributed by atoms with Crippen molar-refractivity contribution in [2.24, 2.45) is 16.7 Å². The van der Waals surface area contributed by atoms with E-state index in [-0.39, 0.29) is 28.6 Å². The van der Waals surface area contributed by atoms with E-state index in [9.17, 15) is 14.7 Å². The minimum atomic E-state index is -0.665. The van der Waals surface area contributed by atoms with E-state index in [2.05, 4.69) is 31.4 Å². The van der Waals surface area contributed by atoms with E-state index in [0.29, 0.717) is 13.0 Å². The molecule has 2 unspecified atom stereocenters. The van der Waals surface area contributed by atoms with Crippen molar-refractivity contribution < 1.29 is 14.7 Å². The standard InChI is InChI=1S/C21H41N3O3/c1-20(2,3)11-13-23-19(27)22-12-9-7-8-10-14-24-17(25)15-16(18(24)26)21(4,5)6/h16,19,22-23,27H,7-15H2,1-6H3. The lowest BCUT2D eigenvalue weighted by molar-refractivity contribution is -0.140. The smallest absolute Gasteiger partial charge is 0.233 e. The molecule has 0 saturated carbocycles. The predicted molar refractivity (Wildman–Crippen MR) is 109 cm³/mol. The maximum Gasteiger partial charge on any atom is 0.233 e. The molecular weight excluding hydrogens is 342 g/mol. The maximum atomic E-state index is 12.4. The van der Waals surface area contributed by atoms with Crippen molar-refractivity contribution in [2.75, 3.05) is 19.6 Å². The summed E-state index contributed by atoms with van der Waals surface area (Å²) in [6.45, 7) is 14.7. The van der Waals surface area contributed by atoms with Crippen LogP contribution in [0.4, 0.5) is 0 Å². The van der Waals surface area contributed by atoms with E-state index in [1.54, 1.807) is 0 Å². The highest BCUT2D eigenvalue weighted by Crippen LogP contribution is 2.35. The fourth-order valence-electron chi connectivity index (χ4n) is 3.24. The van der Waals surface area contributed by atoms with Gasteiger partial charge in [-0.3, -0.25) is 25.1 Å². The lowest BCUT2D eigenvalue weighted by Gasteiger charge is -2.24. The maximum absolute atomic E-state index is 12.4. The number of imide groups is 1. The molecular formula is C21H41N3O3. The molecule has 6 heteroatoms. The number of amides is 2. The number of hydrogen-bond donors (Lipinski definition) is 3. The van der Waals surface area contributed by atoms with Crippen LogP contribution in [-0.4, -0.2) is 47.8 Å². The lowest BCUT2D eigenvalue weighted by atomic mass is 9.80. The Morgan fingerprint density at radius 3 is 2.15 bits per heavy atom. The first-order valence-corrected chi connectivity index (χ1v) is 10.4. The number of aliphatic hydroxyl groups excluding tert-OH is 1. The van der Waals surface area contributed by atoms with Crippen LogP contribution in [0.3, 0.4) is 0 Å². The summed E-state index contributed by atoms with van der Waals surface area (Å²) in [6.07, 6.45) is 4.50.